The molecule has 0 saturated carbocycles. The Kier molecular flexibility index (Phi) is 6.51. The van der Waals surface area contributed by atoms with E-state index in [0.717, 1.165) is 66.7 Å². The van der Waals surface area contributed by atoms with Gasteiger partial charge in [0.15, 0.2) is 0 Å². The fraction of sp³-hybridized carbons (Fsp3) is 0.0465. The van der Waals surface area contributed by atoms with Crippen molar-refractivity contribution < 1.29 is 9.84 Å². The summed E-state index contributed by atoms with van der Waals surface area (Å²) in [5, 5.41) is 21.8. The van der Waals surface area contributed by atoms with Crippen molar-refractivity contribution in [2.75, 3.05) is 6.61 Å². The molecule has 1 aliphatic rings. The largest absolute Gasteiger partial charge is 0.507 e. The summed E-state index contributed by atoms with van der Waals surface area (Å²) in [6, 6.07) is 46.3. The number of phenols is 1. The molecule has 5 heteroatoms. The van der Waals surface area contributed by atoms with Crippen molar-refractivity contribution in [3.8, 4) is 45.1 Å². The lowest BCUT2D eigenvalue weighted by Gasteiger charge is -2.12. The van der Waals surface area contributed by atoms with Crippen molar-refractivity contribution in [3.63, 3.8) is 0 Å². The number of para-hydroxylation sites is 1. The molecule has 0 aliphatic carbocycles. The van der Waals surface area contributed by atoms with Gasteiger partial charge in [0.25, 0.3) is 0 Å². The van der Waals surface area contributed by atoms with Crippen LogP contribution in [0.2, 0.25) is 0 Å². The average molecular weight is 622 g/mol. The second-order valence-corrected chi connectivity index (χ2v) is 12.3. The molecule has 6 aromatic carbocycles. The number of allylic oxidation sites excluding steroid dienone is 1. The van der Waals surface area contributed by atoms with Crippen LogP contribution in [-0.2, 0) is 0 Å². The summed E-state index contributed by atoms with van der Waals surface area (Å²) >= 11 is 0. The van der Waals surface area contributed by atoms with Crippen molar-refractivity contribution in [1.82, 2.24) is 9.13 Å². The molecule has 8 aromatic rings. The Hall–Kier alpha value is -6.33. The SMILES string of the molecule is N=C/C=C\C1COc2ccc(-n3c4ccc(-c5ccc(O)c(-c6ccccc6)c5)cc4c4cc(-n5ccc6ccccc65)ccc43)cc21. The van der Waals surface area contributed by atoms with Gasteiger partial charge in [-0.3, -0.25) is 0 Å². The molecule has 1 unspecified atom stereocenters. The topological polar surface area (TPSA) is 63.2 Å². The zero-order chi connectivity index (χ0) is 32.2. The zero-order valence-electron chi connectivity index (χ0n) is 26.0. The van der Waals surface area contributed by atoms with Gasteiger partial charge >= 0.3 is 0 Å². The van der Waals surface area contributed by atoms with E-state index in [1.807, 2.05) is 42.5 Å². The standard InChI is InChI=1S/C43H31N3O2/c44-21-6-10-32-27-48-43-19-15-34(26-36(32)43)46-40-16-12-30(31-13-18-42(47)35(23-31)28-7-2-1-3-8-28)24-37(40)38-25-33(14-17-41(38)46)45-22-20-29-9-4-5-11-39(29)45/h1-26,32,44,47H,27H2/b10-6-,44-21?. The van der Waals surface area contributed by atoms with Crippen LogP contribution in [0, 0.1) is 5.41 Å². The number of hydrogen-bond acceptors (Lipinski definition) is 3. The molecule has 5 nitrogen and oxygen atoms in total. The molecule has 48 heavy (non-hydrogen) atoms. The van der Waals surface area contributed by atoms with E-state index < -0.39 is 0 Å². The van der Waals surface area contributed by atoms with Crippen molar-refractivity contribution in [3.05, 3.63) is 157 Å². The smallest absolute Gasteiger partial charge is 0.123 e. The maximum Gasteiger partial charge on any atom is 0.123 e. The van der Waals surface area contributed by atoms with Crippen LogP contribution >= 0.6 is 0 Å². The number of benzene rings is 6. The van der Waals surface area contributed by atoms with E-state index in [0.29, 0.717) is 6.61 Å². The molecule has 2 N–H and O–H groups in total. The number of ether oxygens (including phenoxy) is 1. The molecular formula is C43H31N3O2. The monoisotopic (exact) mass is 621 g/mol. The van der Waals surface area contributed by atoms with Gasteiger partial charge in [0, 0.05) is 51.6 Å². The van der Waals surface area contributed by atoms with Gasteiger partial charge in [-0.25, -0.2) is 0 Å². The van der Waals surface area contributed by atoms with E-state index in [9.17, 15) is 5.11 Å². The molecule has 0 saturated heterocycles. The third-order valence-electron chi connectivity index (χ3n) is 9.55. The Balaban J connectivity index is 1.26. The summed E-state index contributed by atoms with van der Waals surface area (Å²) in [6.45, 7) is 0.575. The van der Waals surface area contributed by atoms with Crippen LogP contribution in [0.3, 0.4) is 0 Å². The second kappa shape index (κ2) is 11.2. The Morgan fingerprint density at radius 1 is 0.667 bits per heavy atom. The summed E-state index contributed by atoms with van der Waals surface area (Å²) in [5.41, 5.74) is 10.6. The molecule has 0 radical (unpaired) electrons. The molecule has 0 fully saturated rings. The first-order chi connectivity index (χ1) is 23.7. The lowest BCUT2D eigenvalue weighted by Crippen LogP contribution is -1.98. The molecule has 1 aliphatic heterocycles. The molecule has 230 valence electrons. The van der Waals surface area contributed by atoms with Crippen molar-refractivity contribution in [2.45, 2.75) is 5.92 Å². The predicted octanol–water partition coefficient (Wildman–Crippen LogP) is 10.4. The van der Waals surface area contributed by atoms with Gasteiger partial charge in [0.1, 0.15) is 11.5 Å². The van der Waals surface area contributed by atoms with E-state index in [1.54, 1.807) is 12.1 Å². The third-order valence-corrected chi connectivity index (χ3v) is 9.55. The number of nitrogens with zero attached hydrogens (tertiary/aromatic N) is 2. The highest BCUT2D eigenvalue weighted by Gasteiger charge is 2.24. The molecule has 0 spiro atoms. The van der Waals surface area contributed by atoms with Gasteiger partial charge in [-0.15, -0.1) is 0 Å². The Morgan fingerprint density at radius 2 is 1.42 bits per heavy atom. The first kappa shape index (κ1) is 27.9. The number of nitrogens with one attached hydrogen (secondary N) is 1. The van der Waals surface area contributed by atoms with Crippen molar-refractivity contribution >= 4 is 38.9 Å². The number of aromatic nitrogens is 2. The summed E-state index contributed by atoms with van der Waals surface area (Å²) in [7, 11) is 0. The summed E-state index contributed by atoms with van der Waals surface area (Å²) < 4.78 is 10.6. The number of hydrogen-bond donors (Lipinski definition) is 2. The average Bonchev–Trinajstić information content (AvgIpc) is 3.84. The summed E-state index contributed by atoms with van der Waals surface area (Å²) in [5.74, 6) is 1.26. The fourth-order valence-electron chi connectivity index (χ4n) is 7.21. The lowest BCUT2D eigenvalue weighted by molar-refractivity contribution is 0.345. The van der Waals surface area contributed by atoms with Gasteiger partial charge in [-0.1, -0.05) is 66.7 Å². The third kappa shape index (κ3) is 4.51. The molecular weight excluding hydrogens is 590 g/mol. The van der Waals surface area contributed by atoms with Crippen molar-refractivity contribution in [2.24, 2.45) is 0 Å². The molecule has 0 amide bonds. The first-order valence-electron chi connectivity index (χ1n) is 16.1. The predicted molar refractivity (Wildman–Crippen MR) is 196 cm³/mol. The highest BCUT2D eigenvalue weighted by molar-refractivity contribution is 6.11. The van der Waals surface area contributed by atoms with Gasteiger partial charge in [-0.05, 0) is 101 Å². The summed E-state index contributed by atoms with van der Waals surface area (Å²) in [6.07, 6.45) is 7.27. The van der Waals surface area contributed by atoms with Gasteiger partial charge in [0.05, 0.1) is 23.2 Å². The van der Waals surface area contributed by atoms with Crippen LogP contribution < -0.4 is 4.74 Å². The van der Waals surface area contributed by atoms with Gasteiger partial charge < -0.3 is 24.4 Å². The van der Waals surface area contributed by atoms with E-state index in [-0.39, 0.29) is 11.7 Å². The van der Waals surface area contributed by atoms with Crippen LogP contribution in [0.15, 0.2) is 152 Å². The number of rotatable bonds is 6. The highest BCUT2D eigenvalue weighted by Crippen LogP contribution is 2.41. The van der Waals surface area contributed by atoms with Crippen LogP contribution in [-0.4, -0.2) is 27.1 Å². The minimum absolute atomic E-state index is 0.100. The second-order valence-electron chi connectivity index (χ2n) is 12.3. The normalized spacial score (nSPS) is 14.2. The Bertz CT molecular complexity index is 2560. The van der Waals surface area contributed by atoms with E-state index in [4.69, 9.17) is 10.1 Å². The van der Waals surface area contributed by atoms with Crippen LogP contribution in [0.1, 0.15) is 11.5 Å². The molecule has 2 aromatic heterocycles. The number of phenolic OH excluding ortho intramolecular Hbond substituents is 1. The maximum absolute atomic E-state index is 10.8. The highest BCUT2D eigenvalue weighted by atomic mass is 16.5. The lowest BCUT2D eigenvalue weighted by atomic mass is 9.97. The van der Waals surface area contributed by atoms with Crippen LogP contribution in [0.5, 0.6) is 11.5 Å². The van der Waals surface area contributed by atoms with Gasteiger partial charge in [-0.2, -0.15) is 0 Å². The minimum atomic E-state index is 0.100. The number of aromatic hydroxyl groups is 1. The van der Waals surface area contributed by atoms with Crippen LogP contribution in [0.25, 0.3) is 66.3 Å². The summed E-state index contributed by atoms with van der Waals surface area (Å²) in [4.78, 5) is 0. The Morgan fingerprint density at radius 3 is 2.29 bits per heavy atom. The number of fused-ring (bicyclic) bond motifs is 5. The fourth-order valence-corrected chi connectivity index (χ4v) is 7.21. The molecule has 0 bridgehead atoms. The quantitative estimate of drug-likeness (QED) is 0.182. The van der Waals surface area contributed by atoms with Crippen LogP contribution in [0.4, 0.5) is 0 Å². The Labute approximate surface area is 277 Å². The molecule has 3 heterocycles. The minimum Gasteiger partial charge on any atom is -0.507 e. The van der Waals surface area contributed by atoms with E-state index >= 15 is 0 Å². The van der Waals surface area contributed by atoms with Gasteiger partial charge in [0.2, 0.25) is 0 Å². The first-order valence-corrected chi connectivity index (χ1v) is 16.1. The van der Waals surface area contributed by atoms with Crippen molar-refractivity contribution in [1.29, 1.82) is 5.41 Å². The maximum atomic E-state index is 10.8. The van der Waals surface area contributed by atoms with E-state index in [2.05, 4.69) is 106 Å². The molecule has 9 rings (SSSR count). The van der Waals surface area contributed by atoms with E-state index in [1.165, 1.54) is 17.1 Å². The zero-order valence-corrected chi connectivity index (χ0v) is 26.0. The molecule has 1 atom stereocenters.